The number of nitrogens with one attached hydrogen (secondary N) is 1. The van der Waals surface area contributed by atoms with Gasteiger partial charge in [0.15, 0.2) is 5.69 Å². The Morgan fingerprint density at radius 2 is 2.17 bits per heavy atom. The van der Waals surface area contributed by atoms with Crippen molar-refractivity contribution in [2.45, 2.75) is 0 Å². The molecule has 6 heteroatoms. The molecule has 2 N–H and O–H groups in total. The van der Waals surface area contributed by atoms with Crippen LogP contribution in [0.25, 0.3) is 10.9 Å². The van der Waals surface area contributed by atoms with Gasteiger partial charge in [-0.15, -0.1) is 0 Å². The average Bonchev–Trinajstić information content (AvgIpc) is 2.40. The summed E-state index contributed by atoms with van der Waals surface area (Å²) < 4.78 is 1.49. The Morgan fingerprint density at radius 3 is 2.89 bits per heavy atom. The molecule has 94 valence electrons. The molecule has 0 aliphatic rings. The lowest BCUT2D eigenvalue weighted by Gasteiger charge is -2.07. The van der Waals surface area contributed by atoms with E-state index >= 15 is 0 Å². The van der Waals surface area contributed by atoms with Gasteiger partial charge in [0.05, 0.1) is 12.1 Å². The van der Waals surface area contributed by atoms with E-state index in [-0.39, 0.29) is 18.8 Å². The number of para-hydroxylation sites is 1. The smallest absolute Gasteiger partial charge is 0.275 e. The quantitative estimate of drug-likeness (QED) is 0.777. The van der Waals surface area contributed by atoms with Crippen LogP contribution < -0.4 is 10.7 Å². The molecule has 1 aromatic heterocycles. The molecule has 0 radical (unpaired) electrons. The minimum Gasteiger partial charge on any atom is -0.395 e. The van der Waals surface area contributed by atoms with Gasteiger partial charge in [-0.25, -0.2) is 0 Å². The van der Waals surface area contributed by atoms with E-state index in [1.165, 1.54) is 4.68 Å². The summed E-state index contributed by atoms with van der Waals surface area (Å²) in [5.41, 5.74) is 0.102. The highest BCUT2D eigenvalue weighted by Gasteiger charge is 2.15. The molecule has 6 nitrogen and oxygen atoms in total. The predicted octanol–water partition coefficient (Wildman–Crippen LogP) is -0.344. The second-order valence-corrected chi connectivity index (χ2v) is 3.80. The zero-order chi connectivity index (χ0) is 13.1. The van der Waals surface area contributed by atoms with Crippen molar-refractivity contribution in [2.75, 3.05) is 13.2 Å². The number of benzene rings is 1. The first kappa shape index (κ1) is 12.3. The SMILES string of the molecule is Cn1nc(C(=O)NCCO)c(=O)c2ccccc21. The number of hydrogen-bond acceptors (Lipinski definition) is 4. The maximum absolute atomic E-state index is 12.1. The normalized spacial score (nSPS) is 10.6. The Morgan fingerprint density at radius 1 is 1.44 bits per heavy atom. The largest absolute Gasteiger partial charge is 0.395 e. The van der Waals surface area contributed by atoms with Gasteiger partial charge >= 0.3 is 0 Å². The fraction of sp³-hybridized carbons (Fsp3) is 0.250. The summed E-state index contributed by atoms with van der Waals surface area (Å²) in [6, 6.07) is 6.95. The van der Waals surface area contributed by atoms with E-state index in [0.29, 0.717) is 10.9 Å². The fourth-order valence-electron chi connectivity index (χ4n) is 1.73. The number of rotatable bonds is 3. The second-order valence-electron chi connectivity index (χ2n) is 3.80. The molecule has 0 aliphatic heterocycles. The van der Waals surface area contributed by atoms with Gasteiger partial charge in [-0.2, -0.15) is 5.10 Å². The summed E-state index contributed by atoms with van der Waals surface area (Å²) >= 11 is 0. The van der Waals surface area contributed by atoms with E-state index in [4.69, 9.17) is 5.11 Å². The van der Waals surface area contributed by atoms with Gasteiger partial charge in [0.25, 0.3) is 5.91 Å². The molecule has 2 rings (SSSR count). The highest BCUT2D eigenvalue weighted by atomic mass is 16.3. The highest BCUT2D eigenvalue weighted by Crippen LogP contribution is 2.07. The van der Waals surface area contributed by atoms with Gasteiger partial charge < -0.3 is 10.4 Å². The molecule has 1 aromatic carbocycles. The molecule has 0 bridgehead atoms. The van der Waals surface area contributed by atoms with E-state index < -0.39 is 11.3 Å². The highest BCUT2D eigenvalue weighted by molar-refractivity contribution is 5.95. The van der Waals surface area contributed by atoms with Crippen LogP contribution in [0.3, 0.4) is 0 Å². The fourth-order valence-corrected chi connectivity index (χ4v) is 1.73. The number of aromatic nitrogens is 2. The van der Waals surface area contributed by atoms with Crippen LogP contribution in [0.4, 0.5) is 0 Å². The number of aryl methyl sites for hydroxylation is 1. The zero-order valence-corrected chi connectivity index (χ0v) is 9.88. The number of carbonyl (C=O) groups is 1. The first-order valence-corrected chi connectivity index (χ1v) is 5.50. The van der Waals surface area contributed by atoms with E-state index in [2.05, 4.69) is 10.4 Å². The molecular formula is C12H13N3O3. The summed E-state index contributed by atoms with van der Waals surface area (Å²) in [6.07, 6.45) is 0. The van der Waals surface area contributed by atoms with Crippen LogP contribution in [-0.2, 0) is 7.05 Å². The number of hydrogen-bond donors (Lipinski definition) is 2. The van der Waals surface area contributed by atoms with E-state index in [1.807, 2.05) is 0 Å². The van der Waals surface area contributed by atoms with Crippen molar-refractivity contribution in [1.82, 2.24) is 15.1 Å². The topological polar surface area (TPSA) is 84.2 Å². The standard InChI is InChI=1S/C12H13N3O3/c1-15-9-5-3-2-4-8(9)11(17)10(14-15)12(18)13-6-7-16/h2-5,16H,6-7H2,1H3,(H,13,18). The summed E-state index contributed by atoms with van der Waals surface area (Å²) in [7, 11) is 1.67. The van der Waals surface area contributed by atoms with Crippen LogP contribution in [0.15, 0.2) is 29.1 Å². The van der Waals surface area contributed by atoms with Gasteiger partial charge in [0.1, 0.15) is 0 Å². The maximum atomic E-state index is 12.1. The Hall–Kier alpha value is -2.21. The van der Waals surface area contributed by atoms with Crippen molar-refractivity contribution >= 4 is 16.8 Å². The molecule has 0 aliphatic carbocycles. The van der Waals surface area contributed by atoms with E-state index in [9.17, 15) is 9.59 Å². The molecule has 0 saturated heterocycles. The molecule has 0 unspecified atom stereocenters. The molecule has 1 amide bonds. The van der Waals surface area contributed by atoms with Gasteiger partial charge in [0, 0.05) is 19.0 Å². The molecule has 0 fully saturated rings. The van der Waals surface area contributed by atoms with Crippen molar-refractivity contribution in [3.8, 4) is 0 Å². The molecule has 0 saturated carbocycles. The number of nitrogens with zero attached hydrogens (tertiary/aromatic N) is 2. The molecule has 2 aromatic rings. The number of aliphatic hydroxyl groups excluding tert-OH is 1. The monoisotopic (exact) mass is 247 g/mol. The predicted molar refractivity (Wildman–Crippen MR) is 66.4 cm³/mol. The minimum absolute atomic E-state index is 0.0937. The van der Waals surface area contributed by atoms with Crippen molar-refractivity contribution in [2.24, 2.45) is 7.05 Å². The van der Waals surface area contributed by atoms with Gasteiger partial charge in [-0.1, -0.05) is 12.1 Å². The number of amides is 1. The lowest BCUT2D eigenvalue weighted by molar-refractivity contribution is 0.0937. The third-order valence-electron chi connectivity index (χ3n) is 2.57. The number of fused-ring (bicyclic) bond motifs is 1. The molecule has 0 atom stereocenters. The van der Waals surface area contributed by atoms with E-state index in [1.54, 1.807) is 31.3 Å². The Bertz CT molecular complexity index is 649. The summed E-state index contributed by atoms with van der Waals surface area (Å²) in [5, 5.41) is 15.5. The molecule has 18 heavy (non-hydrogen) atoms. The van der Waals surface area contributed by atoms with E-state index in [0.717, 1.165) is 0 Å². The van der Waals surface area contributed by atoms with Crippen LogP contribution in [0.5, 0.6) is 0 Å². The van der Waals surface area contributed by atoms with Crippen LogP contribution in [0.2, 0.25) is 0 Å². The van der Waals surface area contributed by atoms with Crippen molar-refractivity contribution in [1.29, 1.82) is 0 Å². The zero-order valence-electron chi connectivity index (χ0n) is 9.88. The Balaban J connectivity index is 2.56. The maximum Gasteiger partial charge on any atom is 0.275 e. The average molecular weight is 247 g/mol. The van der Waals surface area contributed by atoms with Crippen LogP contribution in [-0.4, -0.2) is 33.9 Å². The first-order chi connectivity index (χ1) is 8.65. The second kappa shape index (κ2) is 4.97. The van der Waals surface area contributed by atoms with Crippen molar-refractivity contribution in [3.63, 3.8) is 0 Å². The Labute approximate surface area is 103 Å². The van der Waals surface area contributed by atoms with Gasteiger partial charge in [-0.05, 0) is 12.1 Å². The lowest BCUT2D eigenvalue weighted by Crippen LogP contribution is -2.33. The van der Waals surface area contributed by atoms with Crippen LogP contribution in [0, 0.1) is 0 Å². The summed E-state index contributed by atoms with van der Waals surface area (Å²) in [5.74, 6) is -0.574. The minimum atomic E-state index is -0.574. The summed E-state index contributed by atoms with van der Waals surface area (Å²) in [4.78, 5) is 23.8. The number of aliphatic hydroxyl groups is 1. The summed E-state index contributed by atoms with van der Waals surface area (Å²) in [6.45, 7) is -0.0872. The first-order valence-electron chi connectivity index (χ1n) is 5.50. The van der Waals surface area contributed by atoms with Crippen LogP contribution >= 0.6 is 0 Å². The van der Waals surface area contributed by atoms with Crippen LogP contribution in [0.1, 0.15) is 10.5 Å². The molecule has 1 heterocycles. The van der Waals surface area contributed by atoms with Crippen molar-refractivity contribution < 1.29 is 9.90 Å². The Kier molecular flexibility index (Phi) is 3.38. The lowest BCUT2D eigenvalue weighted by atomic mass is 10.2. The third kappa shape index (κ3) is 2.10. The van der Waals surface area contributed by atoms with Gasteiger partial charge in [-0.3, -0.25) is 14.3 Å². The van der Waals surface area contributed by atoms with Gasteiger partial charge in [0.2, 0.25) is 5.43 Å². The molecule has 0 spiro atoms. The number of carbonyl (C=O) groups excluding carboxylic acids is 1. The van der Waals surface area contributed by atoms with Crippen molar-refractivity contribution in [3.05, 3.63) is 40.2 Å². The third-order valence-corrected chi connectivity index (χ3v) is 2.57. The molecular weight excluding hydrogens is 234 g/mol.